The van der Waals surface area contributed by atoms with Crippen molar-refractivity contribution in [2.45, 2.75) is 62.1 Å². The highest BCUT2D eigenvalue weighted by atomic mass is 32.2. The van der Waals surface area contributed by atoms with E-state index in [1.807, 2.05) is 4.72 Å². The molecule has 2 aliphatic heterocycles. The van der Waals surface area contributed by atoms with E-state index in [-0.39, 0.29) is 31.0 Å². The number of amides is 1. The summed E-state index contributed by atoms with van der Waals surface area (Å²) in [6, 6.07) is -1.26. The number of rotatable bonds is 7. The van der Waals surface area contributed by atoms with E-state index in [0.29, 0.717) is 25.8 Å². The summed E-state index contributed by atoms with van der Waals surface area (Å²) in [7, 11) is -7.48. The fourth-order valence-corrected chi connectivity index (χ4v) is 7.96. The van der Waals surface area contributed by atoms with E-state index in [9.17, 15) is 26.7 Å². The highest BCUT2D eigenvalue weighted by Gasteiger charge is 2.53. The number of nitrogens with one attached hydrogen (secondary N) is 2. The monoisotopic (exact) mass is 483 g/mol. The average molecular weight is 484 g/mol. The van der Waals surface area contributed by atoms with Gasteiger partial charge < -0.3 is 9.84 Å². The molecule has 2 heterocycles. The van der Waals surface area contributed by atoms with Crippen LogP contribution in [0.5, 0.6) is 0 Å². The Balaban J connectivity index is 1.32. The number of carbonyl (C=O) groups excluding carboxylic acids is 1. The van der Waals surface area contributed by atoms with Gasteiger partial charge in [0.25, 0.3) is 0 Å². The van der Waals surface area contributed by atoms with Crippen molar-refractivity contribution >= 4 is 26.1 Å². The molecule has 2 aliphatic carbocycles. The first-order valence-corrected chi connectivity index (χ1v) is 13.8. The first-order chi connectivity index (χ1) is 14.6. The molecule has 6 unspecified atom stereocenters. The highest BCUT2D eigenvalue weighted by molar-refractivity contribution is 7.90. The fraction of sp³-hybridized carbons (Fsp3) is 0.944. The van der Waals surface area contributed by atoms with Gasteiger partial charge >= 0.3 is 10.2 Å². The normalized spacial score (nSPS) is 39.0. The van der Waals surface area contributed by atoms with Gasteiger partial charge in [0, 0.05) is 6.54 Å². The van der Waals surface area contributed by atoms with Crippen LogP contribution in [0, 0.1) is 17.8 Å². The maximum absolute atomic E-state index is 15.5. The third-order valence-electron chi connectivity index (χ3n) is 7.15. The van der Waals surface area contributed by atoms with E-state index in [0.717, 1.165) is 23.6 Å². The molecular weight excluding hydrogens is 453 g/mol. The van der Waals surface area contributed by atoms with E-state index in [2.05, 4.69) is 4.72 Å². The third kappa shape index (κ3) is 4.76. The number of hydrogen-bond acceptors (Lipinski definition) is 7. The van der Waals surface area contributed by atoms with Crippen molar-refractivity contribution in [3.05, 3.63) is 0 Å². The van der Waals surface area contributed by atoms with Crippen molar-refractivity contribution in [1.82, 2.24) is 13.7 Å². The van der Waals surface area contributed by atoms with Gasteiger partial charge in [0.05, 0.1) is 31.9 Å². The van der Waals surface area contributed by atoms with Gasteiger partial charge in [-0.2, -0.15) is 12.7 Å². The summed E-state index contributed by atoms with van der Waals surface area (Å²) in [6.45, 7) is 0.292. The SMILES string of the molecule is O=C1CN(C2C(O)CC3CCC(CCCNS(=O)(=O)C4COC4)CC3C2F)S(=O)(=O)N1. The number of ether oxygens (including phenoxy) is 1. The Labute approximate surface area is 182 Å². The van der Waals surface area contributed by atoms with Crippen LogP contribution in [0.25, 0.3) is 0 Å². The van der Waals surface area contributed by atoms with Gasteiger partial charge in [-0.3, -0.25) is 4.79 Å². The second-order valence-electron chi connectivity index (χ2n) is 9.16. The molecule has 4 aliphatic rings. The number of carbonyl (C=O) groups is 1. The minimum atomic E-state index is -4.13. The van der Waals surface area contributed by atoms with E-state index in [1.54, 1.807) is 0 Å². The predicted octanol–water partition coefficient (Wildman–Crippen LogP) is -0.735. The number of halogens is 1. The molecule has 10 nitrogen and oxygen atoms in total. The fourth-order valence-electron chi connectivity index (χ4n) is 5.41. The topological polar surface area (TPSA) is 142 Å². The van der Waals surface area contributed by atoms with Crippen molar-refractivity contribution in [3.8, 4) is 0 Å². The smallest absolute Gasteiger partial charge is 0.304 e. The summed E-state index contributed by atoms with van der Waals surface area (Å²) >= 11 is 0. The highest BCUT2D eigenvalue weighted by Crippen LogP contribution is 2.46. The lowest BCUT2D eigenvalue weighted by atomic mass is 9.64. The van der Waals surface area contributed by atoms with Gasteiger partial charge in [-0.25, -0.2) is 22.3 Å². The van der Waals surface area contributed by atoms with Crippen LogP contribution in [0.1, 0.15) is 38.5 Å². The summed E-state index contributed by atoms with van der Waals surface area (Å²) in [5.41, 5.74) is 0. The summed E-state index contributed by atoms with van der Waals surface area (Å²) in [5.74, 6) is -0.925. The summed E-state index contributed by atoms with van der Waals surface area (Å²) < 4.78 is 74.0. The standard InChI is InChI=1S/C18H30FN3O7S2/c19-17-14-6-11(2-1-5-20-30(25,26)13-9-29-10-13)3-4-12(14)7-15(23)18(17)22-8-16(24)21-31(22,27)28/h11-15,17-18,20,23H,1-10H2,(H,21,24). The minimum Gasteiger partial charge on any atom is -0.391 e. The lowest BCUT2D eigenvalue weighted by Gasteiger charge is -2.48. The zero-order valence-electron chi connectivity index (χ0n) is 17.2. The quantitative estimate of drug-likeness (QED) is 0.405. The molecule has 6 atom stereocenters. The number of hydrogen-bond donors (Lipinski definition) is 3. The molecular formula is C18H30FN3O7S2. The molecule has 1 amide bonds. The lowest BCUT2D eigenvalue weighted by molar-refractivity contribution is -0.120. The van der Waals surface area contributed by atoms with Crippen molar-refractivity contribution < 1.29 is 35.9 Å². The Kier molecular flexibility index (Phi) is 6.63. The molecule has 0 aromatic heterocycles. The maximum Gasteiger partial charge on any atom is 0.304 e. The Bertz CT molecular complexity index is 896. The zero-order chi connectivity index (χ0) is 22.4. The molecule has 4 rings (SSSR count). The molecule has 0 aromatic rings. The minimum absolute atomic E-state index is 0.0245. The van der Waals surface area contributed by atoms with Crippen LogP contribution in [0.3, 0.4) is 0 Å². The zero-order valence-corrected chi connectivity index (χ0v) is 18.8. The van der Waals surface area contributed by atoms with Crippen molar-refractivity contribution in [3.63, 3.8) is 0 Å². The number of alkyl halides is 1. The van der Waals surface area contributed by atoms with Crippen LogP contribution >= 0.6 is 0 Å². The first kappa shape index (κ1) is 23.3. The Hall–Kier alpha value is -0.860. The van der Waals surface area contributed by atoms with Gasteiger partial charge in [0.2, 0.25) is 15.9 Å². The lowest BCUT2D eigenvalue weighted by Crippen LogP contribution is -2.58. The molecule has 0 bridgehead atoms. The molecule has 13 heteroatoms. The molecule has 178 valence electrons. The van der Waals surface area contributed by atoms with E-state index >= 15 is 4.39 Å². The number of nitrogens with zero attached hydrogens (tertiary/aromatic N) is 1. The molecule has 31 heavy (non-hydrogen) atoms. The van der Waals surface area contributed by atoms with Crippen molar-refractivity contribution in [1.29, 1.82) is 0 Å². The predicted molar refractivity (Wildman–Crippen MR) is 108 cm³/mol. The van der Waals surface area contributed by atoms with Gasteiger partial charge in [0.15, 0.2) is 0 Å². The Morgan fingerprint density at radius 3 is 2.61 bits per heavy atom. The Morgan fingerprint density at radius 2 is 2.00 bits per heavy atom. The molecule has 4 fully saturated rings. The largest absolute Gasteiger partial charge is 0.391 e. The number of fused-ring (bicyclic) bond motifs is 1. The third-order valence-corrected chi connectivity index (χ3v) is 10.4. The van der Waals surface area contributed by atoms with Crippen LogP contribution in [0.15, 0.2) is 0 Å². The van der Waals surface area contributed by atoms with Gasteiger partial charge in [-0.15, -0.1) is 0 Å². The first-order valence-electron chi connectivity index (χ1n) is 10.8. The van der Waals surface area contributed by atoms with Crippen molar-refractivity contribution in [2.24, 2.45) is 17.8 Å². The van der Waals surface area contributed by atoms with Crippen LogP contribution < -0.4 is 9.44 Å². The molecule has 2 saturated heterocycles. The van der Waals surface area contributed by atoms with Crippen LogP contribution in [0.4, 0.5) is 4.39 Å². The summed E-state index contributed by atoms with van der Waals surface area (Å²) in [5, 5.41) is 10.0. The van der Waals surface area contributed by atoms with E-state index in [4.69, 9.17) is 4.74 Å². The van der Waals surface area contributed by atoms with Gasteiger partial charge in [-0.1, -0.05) is 6.42 Å². The summed E-state index contributed by atoms with van der Waals surface area (Å²) in [4.78, 5) is 11.6. The summed E-state index contributed by atoms with van der Waals surface area (Å²) in [6.07, 6.45) is 1.16. The van der Waals surface area contributed by atoms with Gasteiger partial charge in [-0.05, 0) is 49.9 Å². The molecule has 2 saturated carbocycles. The molecule has 0 radical (unpaired) electrons. The Morgan fingerprint density at radius 1 is 1.26 bits per heavy atom. The number of sulfonamides is 1. The molecule has 0 spiro atoms. The van der Waals surface area contributed by atoms with E-state index in [1.165, 1.54) is 0 Å². The molecule has 0 aromatic carbocycles. The van der Waals surface area contributed by atoms with Crippen LogP contribution in [-0.4, -0.2) is 82.0 Å². The van der Waals surface area contributed by atoms with Crippen molar-refractivity contribution in [2.75, 3.05) is 26.3 Å². The van der Waals surface area contributed by atoms with Crippen LogP contribution in [0.2, 0.25) is 0 Å². The second-order valence-corrected chi connectivity index (χ2v) is 12.8. The molecule has 3 N–H and O–H groups in total. The van der Waals surface area contributed by atoms with Gasteiger partial charge in [0.1, 0.15) is 11.4 Å². The second kappa shape index (κ2) is 8.82. The average Bonchev–Trinajstić information content (AvgIpc) is 2.89. The van der Waals surface area contributed by atoms with Crippen LogP contribution in [-0.2, 0) is 29.8 Å². The maximum atomic E-state index is 15.5. The number of aliphatic hydroxyl groups is 1. The van der Waals surface area contributed by atoms with E-state index < -0.39 is 56.3 Å². The number of aliphatic hydroxyl groups excluding tert-OH is 1.